The Balaban J connectivity index is 2.40. The van der Waals surface area contributed by atoms with Gasteiger partial charge in [-0.05, 0) is 75.1 Å². The molecule has 1 atom stereocenters. The number of methoxy groups -OCH3 is 1. The molecule has 2 rings (SSSR count). The van der Waals surface area contributed by atoms with Crippen LogP contribution in [0.1, 0.15) is 49.9 Å². The molecule has 156 valence electrons. The van der Waals surface area contributed by atoms with Gasteiger partial charge in [0, 0.05) is 18.0 Å². The Labute approximate surface area is 170 Å². The summed E-state index contributed by atoms with van der Waals surface area (Å²) in [6.07, 6.45) is 2.51. The Kier molecular flexibility index (Phi) is 6.95. The fraction of sp³-hybridized carbons (Fsp3) is 0.409. The van der Waals surface area contributed by atoms with Crippen molar-refractivity contribution < 1.29 is 23.5 Å². The maximum absolute atomic E-state index is 13.7. The second-order valence-electron chi connectivity index (χ2n) is 7.90. The highest BCUT2D eigenvalue weighted by Crippen LogP contribution is 2.30. The number of esters is 1. The molecule has 0 fully saturated rings. The zero-order valence-electron chi connectivity index (χ0n) is 17.6. The number of halogens is 1. The average molecular weight is 402 g/mol. The molecule has 29 heavy (non-hydrogen) atoms. The number of alkyl carbamates (subject to hydrolysis) is 1. The minimum absolute atomic E-state index is 0.0811. The van der Waals surface area contributed by atoms with Crippen molar-refractivity contribution in [1.29, 1.82) is 0 Å². The molecule has 1 aromatic carbocycles. The fourth-order valence-electron chi connectivity index (χ4n) is 3.10. The molecule has 0 aliphatic heterocycles. The number of hydrogen-bond acceptors (Lipinski definition) is 5. The molecule has 7 heteroatoms. The van der Waals surface area contributed by atoms with Crippen molar-refractivity contribution in [3.05, 3.63) is 53.1 Å². The molecule has 0 saturated carbocycles. The molecule has 1 amide bonds. The predicted octanol–water partition coefficient (Wildman–Crippen LogP) is 4.63. The van der Waals surface area contributed by atoms with Crippen LogP contribution in [0.5, 0.6) is 0 Å². The van der Waals surface area contributed by atoms with E-state index >= 15 is 0 Å². The third-order valence-electron chi connectivity index (χ3n) is 4.24. The molecule has 0 unspecified atom stereocenters. The number of carbonyl (C=O) groups excluding carboxylic acids is 2. The van der Waals surface area contributed by atoms with Crippen LogP contribution in [0.2, 0.25) is 0 Å². The summed E-state index contributed by atoms with van der Waals surface area (Å²) in [4.78, 5) is 28.4. The number of amides is 1. The van der Waals surface area contributed by atoms with Gasteiger partial charge >= 0.3 is 12.1 Å². The predicted molar refractivity (Wildman–Crippen MR) is 108 cm³/mol. The number of carbonyl (C=O) groups is 2. The number of pyridine rings is 1. The Morgan fingerprint density at radius 2 is 1.76 bits per heavy atom. The lowest BCUT2D eigenvalue weighted by Gasteiger charge is -2.23. The van der Waals surface area contributed by atoms with Gasteiger partial charge in [-0.15, -0.1) is 0 Å². The quantitative estimate of drug-likeness (QED) is 0.738. The summed E-state index contributed by atoms with van der Waals surface area (Å²) in [5, 5.41) is 2.71. The topological polar surface area (TPSA) is 77.5 Å². The summed E-state index contributed by atoms with van der Waals surface area (Å²) in [6, 6.07) is 4.05. The largest absolute Gasteiger partial charge is 0.469 e. The standard InChI is InChI=1S/C22H27FN2O4/c1-13-7-17(23)8-14(2)20(13)16-9-15(11-24-12-16)18(10-19(26)28-6)25-21(27)29-22(3,4)5/h7-9,11-12,18H,10H2,1-6H3,(H,25,27)/t18-/m0/s1. The molecule has 6 nitrogen and oxygen atoms in total. The van der Waals surface area contributed by atoms with Crippen molar-refractivity contribution >= 4 is 12.1 Å². The molecular formula is C22H27FN2O4. The lowest BCUT2D eigenvalue weighted by atomic mass is 9.94. The summed E-state index contributed by atoms with van der Waals surface area (Å²) in [6.45, 7) is 8.91. The molecule has 0 saturated heterocycles. The first-order valence-electron chi connectivity index (χ1n) is 9.28. The maximum Gasteiger partial charge on any atom is 0.408 e. The zero-order chi connectivity index (χ0) is 21.8. The Bertz CT molecular complexity index is 883. The number of nitrogens with zero attached hydrogens (tertiary/aromatic N) is 1. The normalized spacial score (nSPS) is 12.2. The highest BCUT2D eigenvalue weighted by Gasteiger charge is 2.24. The van der Waals surface area contributed by atoms with Crippen LogP contribution in [-0.4, -0.2) is 29.8 Å². The van der Waals surface area contributed by atoms with Gasteiger partial charge < -0.3 is 14.8 Å². The summed E-state index contributed by atoms with van der Waals surface area (Å²) >= 11 is 0. The van der Waals surface area contributed by atoms with Crippen molar-refractivity contribution in [2.75, 3.05) is 7.11 Å². The smallest absolute Gasteiger partial charge is 0.408 e. The van der Waals surface area contributed by atoms with Gasteiger partial charge in [-0.1, -0.05) is 0 Å². The summed E-state index contributed by atoms with van der Waals surface area (Å²) in [5.41, 5.74) is 3.09. The number of hydrogen-bond donors (Lipinski definition) is 1. The van der Waals surface area contributed by atoms with Crippen molar-refractivity contribution in [1.82, 2.24) is 10.3 Å². The summed E-state index contributed by atoms with van der Waals surface area (Å²) < 4.78 is 23.7. The number of aryl methyl sites for hydroxylation is 2. The minimum atomic E-state index is -0.689. The van der Waals surface area contributed by atoms with Crippen molar-refractivity contribution in [2.45, 2.75) is 52.7 Å². The van der Waals surface area contributed by atoms with Crippen molar-refractivity contribution in [3.8, 4) is 11.1 Å². The fourth-order valence-corrected chi connectivity index (χ4v) is 3.10. The Morgan fingerprint density at radius 3 is 2.31 bits per heavy atom. The molecule has 0 bridgehead atoms. The first-order chi connectivity index (χ1) is 13.5. The van der Waals surface area contributed by atoms with Gasteiger partial charge in [-0.3, -0.25) is 9.78 Å². The molecule has 0 radical (unpaired) electrons. The van der Waals surface area contributed by atoms with Crippen LogP contribution in [0.25, 0.3) is 11.1 Å². The third kappa shape index (κ3) is 6.27. The molecule has 1 N–H and O–H groups in total. The molecule has 0 aliphatic carbocycles. The Hall–Kier alpha value is -2.96. The first kappa shape index (κ1) is 22.3. The van der Waals surface area contributed by atoms with Gasteiger partial charge in [-0.2, -0.15) is 0 Å². The molecule has 0 spiro atoms. The monoisotopic (exact) mass is 402 g/mol. The van der Waals surface area contributed by atoms with E-state index in [4.69, 9.17) is 9.47 Å². The highest BCUT2D eigenvalue weighted by atomic mass is 19.1. The average Bonchev–Trinajstić information content (AvgIpc) is 2.58. The van der Waals surface area contributed by atoms with Crippen LogP contribution in [0, 0.1) is 19.7 Å². The van der Waals surface area contributed by atoms with E-state index in [0.29, 0.717) is 5.56 Å². The van der Waals surface area contributed by atoms with Crippen molar-refractivity contribution in [2.24, 2.45) is 0 Å². The lowest BCUT2D eigenvalue weighted by molar-refractivity contribution is -0.141. The number of benzene rings is 1. The van der Waals surface area contributed by atoms with E-state index in [2.05, 4.69) is 10.3 Å². The maximum atomic E-state index is 13.7. The number of aromatic nitrogens is 1. The number of ether oxygens (including phenoxy) is 2. The summed E-state index contributed by atoms with van der Waals surface area (Å²) in [5.74, 6) is -0.784. The van der Waals surface area contributed by atoms with Crippen LogP contribution in [-0.2, 0) is 14.3 Å². The van der Waals surface area contributed by atoms with E-state index in [9.17, 15) is 14.0 Å². The van der Waals surface area contributed by atoms with E-state index in [0.717, 1.165) is 22.3 Å². The molecule has 2 aromatic rings. The zero-order valence-corrected chi connectivity index (χ0v) is 17.6. The van der Waals surface area contributed by atoms with Crippen LogP contribution in [0.4, 0.5) is 9.18 Å². The van der Waals surface area contributed by atoms with Gasteiger partial charge in [-0.25, -0.2) is 9.18 Å². The van der Waals surface area contributed by atoms with Crippen LogP contribution < -0.4 is 5.32 Å². The SMILES string of the molecule is COC(=O)C[C@H](NC(=O)OC(C)(C)C)c1cncc(-c2c(C)cc(F)cc2C)c1. The van der Waals surface area contributed by atoms with Crippen LogP contribution in [0.15, 0.2) is 30.6 Å². The summed E-state index contributed by atoms with van der Waals surface area (Å²) in [7, 11) is 1.28. The number of nitrogens with one attached hydrogen (secondary N) is 1. The lowest BCUT2D eigenvalue weighted by Crippen LogP contribution is -2.36. The van der Waals surface area contributed by atoms with Crippen LogP contribution in [0.3, 0.4) is 0 Å². The van der Waals surface area contributed by atoms with E-state index in [1.54, 1.807) is 33.2 Å². The second-order valence-corrected chi connectivity index (χ2v) is 7.90. The molecular weight excluding hydrogens is 375 g/mol. The van der Waals surface area contributed by atoms with Gasteiger partial charge in [0.1, 0.15) is 11.4 Å². The van der Waals surface area contributed by atoms with Gasteiger partial charge in [0.25, 0.3) is 0 Å². The van der Waals surface area contributed by atoms with E-state index in [1.807, 2.05) is 19.9 Å². The minimum Gasteiger partial charge on any atom is -0.469 e. The van der Waals surface area contributed by atoms with E-state index in [1.165, 1.54) is 19.2 Å². The molecule has 1 aromatic heterocycles. The number of rotatable bonds is 5. The Morgan fingerprint density at radius 1 is 1.14 bits per heavy atom. The third-order valence-corrected chi connectivity index (χ3v) is 4.24. The van der Waals surface area contributed by atoms with Gasteiger partial charge in [0.2, 0.25) is 0 Å². The first-order valence-corrected chi connectivity index (χ1v) is 9.28. The van der Waals surface area contributed by atoms with Crippen LogP contribution >= 0.6 is 0 Å². The van der Waals surface area contributed by atoms with Crippen molar-refractivity contribution in [3.63, 3.8) is 0 Å². The highest BCUT2D eigenvalue weighted by molar-refractivity contribution is 5.74. The van der Waals surface area contributed by atoms with E-state index < -0.39 is 23.7 Å². The second kappa shape index (κ2) is 9.03. The molecule has 0 aliphatic rings. The molecule has 1 heterocycles. The van der Waals surface area contributed by atoms with Gasteiger partial charge in [0.15, 0.2) is 0 Å². The van der Waals surface area contributed by atoms with E-state index in [-0.39, 0.29) is 12.2 Å². The van der Waals surface area contributed by atoms with Gasteiger partial charge in [0.05, 0.1) is 19.6 Å².